The lowest BCUT2D eigenvalue weighted by Gasteiger charge is -2.19. The lowest BCUT2D eigenvalue weighted by atomic mass is 9.90. The summed E-state index contributed by atoms with van der Waals surface area (Å²) in [4.78, 5) is 0. The molecule has 3 heteroatoms. The van der Waals surface area contributed by atoms with Gasteiger partial charge in [-0.15, -0.1) is 0 Å². The molecule has 0 spiro atoms. The van der Waals surface area contributed by atoms with Crippen molar-refractivity contribution < 1.29 is 10.2 Å². The lowest BCUT2D eigenvalue weighted by molar-refractivity contribution is 0.0817. The van der Waals surface area contributed by atoms with E-state index in [0.717, 1.165) is 10.9 Å². The molecule has 1 aromatic rings. The van der Waals surface area contributed by atoms with Gasteiger partial charge in [0.2, 0.25) is 0 Å². The molecule has 0 aliphatic heterocycles. The van der Waals surface area contributed by atoms with Gasteiger partial charge in [-0.2, -0.15) is 0 Å². The van der Waals surface area contributed by atoms with Gasteiger partial charge in [0.15, 0.2) is 0 Å². The van der Waals surface area contributed by atoms with Crippen molar-refractivity contribution in [2.24, 2.45) is 0 Å². The number of aliphatic hydroxyl groups excluding tert-OH is 2. The molecule has 0 saturated carbocycles. The van der Waals surface area contributed by atoms with E-state index < -0.39 is 6.10 Å². The largest absolute Gasteiger partial charge is 0.394 e. The van der Waals surface area contributed by atoms with Crippen molar-refractivity contribution in [2.75, 3.05) is 6.61 Å². The van der Waals surface area contributed by atoms with Crippen LogP contribution in [0.5, 0.6) is 0 Å². The molecule has 1 rings (SSSR count). The highest BCUT2D eigenvalue weighted by atomic mass is 79.9. The fraction of sp³-hybridized carbons (Fsp3) is 0.538. The molecule has 2 atom stereocenters. The smallest absolute Gasteiger partial charge is 0.0776 e. The van der Waals surface area contributed by atoms with E-state index in [1.165, 1.54) is 11.1 Å². The monoisotopic (exact) mass is 286 g/mol. The first-order valence-corrected chi connectivity index (χ1v) is 6.42. The Balaban J connectivity index is 2.86. The van der Waals surface area contributed by atoms with E-state index in [9.17, 15) is 5.11 Å². The molecule has 16 heavy (non-hydrogen) atoms. The Morgan fingerprint density at radius 2 is 2.06 bits per heavy atom. The van der Waals surface area contributed by atoms with Gasteiger partial charge in [0, 0.05) is 4.47 Å². The second kappa shape index (κ2) is 6.38. The first kappa shape index (κ1) is 13.7. The molecule has 2 unspecified atom stereocenters. The van der Waals surface area contributed by atoms with Gasteiger partial charge in [-0.05, 0) is 42.9 Å². The van der Waals surface area contributed by atoms with E-state index in [1.807, 2.05) is 0 Å². The zero-order valence-corrected chi connectivity index (χ0v) is 11.4. The second-order valence-electron chi connectivity index (χ2n) is 4.20. The molecule has 0 aliphatic carbocycles. The van der Waals surface area contributed by atoms with E-state index >= 15 is 0 Å². The van der Waals surface area contributed by atoms with Gasteiger partial charge in [0.1, 0.15) is 0 Å². The van der Waals surface area contributed by atoms with Gasteiger partial charge in [0.25, 0.3) is 0 Å². The minimum absolute atomic E-state index is 0.167. The van der Waals surface area contributed by atoms with Crippen LogP contribution in [0, 0.1) is 6.92 Å². The summed E-state index contributed by atoms with van der Waals surface area (Å²) >= 11 is 3.56. The molecule has 0 radical (unpaired) electrons. The third-order valence-electron chi connectivity index (χ3n) is 2.86. The summed E-state index contributed by atoms with van der Waals surface area (Å²) in [6.07, 6.45) is 0.936. The third kappa shape index (κ3) is 3.58. The molecule has 0 heterocycles. The quantitative estimate of drug-likeness (QED) is 0.874. The summed E-state index contributed by atoms with van der Waals surface area (Å²) in [6, 6.07) is 6.26. The Bertz CT molecular complexity index is 339. The van der Waals surface area contributed by atoms with Crippen LogP contribution in [-0.4, -0.2) is 22.9 Å². The molecule has 2 N–H and O–H groups in total. The van der Waals surface area contributed by atoms with Crippen LogP contribution in [0.4, 0.5) is 0 Å². The summed E-state index contributed by atoms with van der Waals surface area (Å²) in [5.74, 6) is 0.289. The van der Waals surface area contributed by atoms with E-state index in [2.05, 4.69) is 48.0 Å². The van der Waals surface area contributed by atoms with Crippen LogP contribution in [-0.2, 0) is 0 Å². The highest BCUT2D eigenvalue weighted by Crippen LogP contribution is 2.31. The molecular formula is C13H19BrO2. The average molecular weight is 287 g/mol. The van der Waals surface area contributed by atoms with Crippen molar-refractivity contribution in [2.45, 2.75) is 38.7 Å². The third-order valence-corrected chi connectivity index (χ3v) is 3.54. The zero-order chi connectivity index (χ0) is 12.1. The Kier molecular flexibility index (Phi) is 5.46. The van der Waals surface area contributed by atoms with Gasteiger partial charge >= 0.3 is 0 Å². The van der Waals surface area contributed by atoms with Crippen LogP contribution in [0.1, 0.15) is 36.8 Å². The zero-order valence-electron chi connectivity index (χ0n) is 9.78. The minimum atomic E-state index is -0.627. The molecule has 0 bridgehead atoms. The van der Waals surface area contributed by atoms with E-state index in [-0.39, 0.29) is 12.5 Å². The molecule has 90 valence electrons. The van der Waals surface area contributed by atoms with E-state index in [4.69, 9.17) is 5.11 Å². The van der Waals surface area contributed by atoms with Crippen LogP contribution in [0.25, 0.3) is 0 Å². The van der Waals surface area contributed by atoms with Crippen LogP contribution in [0.2, 0.25) is 0 Å². The van der Waals surface area contributed by atoms with Crippen molar-refractivity contribution in [3.8, 4) is 0 Å². The summed E-state index contributed by atoms with van der Waals surface area (Å²) in [5, 5.41) is 18.4. The van der Waals surface area contributed by atoms with Crippen LogP contribution in [0.15, 0.2) is 22.7 Å². The summed E-state index contributed by atoms with van der Waals surface area (Å²) in [7, 11) is 0. The van der Waals surface area contributed by atoms with Gasteiger partial charge in [-0.3, -0.25) is 0 Å². The second-order valence-corrected chi connectivity index (χ2v) is 5.06. The number of rotatable bonds is 5. The Morgan fingerprint density at radius 3 is 2.56 bits per heavy atom. The van der Waals surface area contributed by atoms with Crippen LogP contribution in [0.3, 0.4) is 0 Å². The fourth-order valence-electron chi connectivity index (χ4n) is 1.88. The molecule has 2 nitrogen and oxygen atoms in total. The van der Waals surface area contributed by atoms with Crippen molar-refractivity contribution >= 4 is 15.9 Å². The Morgan fingerprint density at radius 1 is 1.38 bits per heavy atom. The van der Waals surface area contributed by atoms with Gasteiger partial charge in [-0.25, -0.2) is 0 Å². The maximum absolute atomic E-state index is 9.50. The summed E-state index contributed by atoms with van der Waals surface area (Å²) in [5.41, 5.74) is 2.42. The molecule has 0 amide bonds. The number of hydrogen-bond acceptors (Lipinski definition) is 2. The highest BCUT2D eigenvalue weighted by molar-refractivity contribution is 9.10. The molecular weight excluding hydrogens is 268 g/mol. The Hall–Kier alpha value is -0.380. The number of hydrogen-bond donors (Lipinski definition) is 2. The van der Waals surface area contributed by atoms with E-state index in [1.54, 1.807) is 0 Å². The standard InChI is InChI=1S/C13H19BrO2/c1-3-10(7-11(16)8-15)12-5-4-9(2)6-13(12)14/h4-6,10-11,15-16H,3,7-8H2,1-2H3. The highest BCUT2D eigenvalue weighted by Gasteiger charge is 2.16. The van der Waals surface area contributed by atoms with Gasteiger partial charge in [0.05, 0.1) is 12.7 Å². The SMILES string of the molecule is CCC(CC(O)CO)c1ccc(C)cc1Br. The van der Waals surface area contributed by atoms with Crippen molar-refractivity contribution in [3.63, 3.8) is 0 Å². The first-order valence-electron chi connectivity index (χ1n) is 5.63. The van der Waals surface area contributed by atoms with Crippen molar-refractivity contribution in [1.82, 2.24) is 0 Å². The number of aliphatic hydroxyl groups is 2. The van der Waals surface area contributed by atoms with Crippen LogP contribution >= 0.6 is 15.9 Å². The van der Waals surface area contributed by atoms with Crippen LogP contribution < -0.4 is 0 Å². The minimum Gasteiger partial charge on any atom is -0.394 e. The molecule has 0 saturated heterocycles. The van der Waals surface area contributed by atoms with Gasteiger partial charge < -0.3 is 10.2 Å². The summed E-state index contributed by atoms with van der Waals surface area (Å²) in [6.45, 7) is 3.99. The number of halogens is 1. The van der Waals surface area contributed by atoms with Crippen molar-refractivity contribution in [3.05, 3.63) is 33.8 Å². The Labute approximate surface area is 105 Å². The number of aryl methyl sites for hydroxylation is 1. The fourth-order valence-corrected chi connectivity index (χ4v) is 2.70. The van der Waals surface area contributed by atoms with Gasteiger partial charge in [-0.1, -0.05) is 35.0 Å². The average Bonchev–Trinajstić information content (AvgIpc) is 2.26. The maximum atomic E-state index is 9.50. The predicted octanol–water partition coefficient (Wildman–Crippen LogP) is 2.99. The molecule has 0 fully saturated rings. The molecule has 1 aromatic carbocycles. The molecule has 0 aliphatic rings. The summed E-state index contributed by atoms with van der Waals surface area (Å²) < 4.78 is 1.09. The topological polar surface area (TPSA) is 40.5 Å². The lowest BCUT2D eigenvalue weighted by Crippen LogP contribution is -2.16. The maximum Gasteiger partial charge on any atom is 0.0776 e. The predicted molar refractivity (Wildman–Crippen MR) is 69.6 cm³/mol. The number of benzene rings is 1. The first-order chi connectivity index (χ1) is 7.58. The van der Waals surface area contributed by atoms with Crippen molar-refractivity contribution in [1.29, 1.82) is 0 Å². The normalized spacial score (nSPS) is 14.8. The molecule has 0 aromatic heterocycles. The van der Waals surface area contributed by atoms with E-state index in [0.29, 0.717) is 6.42 Å².